The van der Waals surface area contributed by atoms with E-state index in [0.717, 1.165) is 16.7 Å². The van der Waals surface area contributed by atoms with Crippen LogP contribution >= 0.6 is 12.6 Å². The summed E-state index contributed by atoms with van der Waals surface area (Å²) in [4.78, 5) is 16.6. The van der Waals surface area contributed by atoms with Crippen molar-refractivity contribution in [2.45, 2.75) is 5.50 Å². The Bertz CT molecular complexity index is 712. The van der Waals surface area contributed by atoms with Gasteiger partial charge in [0.2, 0.25) is 0 Å². The minimum atomic E-state index is -0.221. The second-order valence-corrected chi connectivity index (χ2v) is 5.22. The number of hydrogen-bond donors (Lipinski definition) is 3. The second-order valence-electron chi connectivity index (χ2n) is 4.73. The third-order valence-electron chi connectivity index (χ3n) is 2.96. The Morgan fingerprint density at radius 3 is 2.86 bits per heavy atom. The second kappa shape index (κ2) is 6.64. The molecule has 0 fully saturated rings. The standard InChI is InChI=1S/C14H18N4O2S/c1-18(2)14(21)17-15-8-10-6-9-7-11(20-3)4-5-12(9)16-13(10)19/h4-8,14,17,21H,1-3H3,(H,16,19)/b15-8+. The molecule has 1 aromatic carbocycles. The molecular formula is C14H18N4O2S. The molecule has 1 atom stereocenters. The zero-order chi connectivity index (χ0) is 15.4. The molecule has 0 bridgehead atoms. The van der Waals surface area contributed by atoms with Gasteiger partial charge in [0, 0.05) is 10.9 Å². The Labute approximate surface area is 128 Å². The summed E-state index contributed by atoms with van der Waals surface area (Å²) in [6, 6.07) is 7.24. The molecule has 2 aromatic rings. The normalized spacial score (nSPS) is 13.0. The van der Waals surface area contributed by atoms with Crippen molar-refractivity contribution in [2.24, 2.45) is 5.10 Å². The molecule has 0 radical (unpaired) electrons. The first-order chi connectivity index (χ1) is 10.0. The lowest BCUT2D eigenvalue weighted by atomic mass is 10.1. The largest absolute Gasteiger partial charge is 0.497 e. The third kappa shape index (κ3) is 3.77. The Balaban J connectivity index is 2.29. The molecule has 0 aliphatic heterocycles. The van der Waals surface area contributed by atoms with Crippen molar-refractivity contribution in [3.8, 4) is 5.75 Å². The van der Waals surface area contributed by atoms with Gasteiger partial charge in [0.05, 0.1) is 18.9 Å². The minimum Gasteiger partial charge on any atom is -0.497 e. The fourth-order valence-electron chi connectivity index (χ4n) is 1.71. The van der Waals surface area contributed by atoms with E-state index in [1.165, 1.54) is 6.21 Å². The van der Waals surface area contributed by atoms with E-state index in [4.69, 9.17) is 4.74 Å². The maximum absolute atomic E-state index is 12.0. The van der Waals surface area contributed by atoms with E-state index in [0.29, 0.717) is 5.56 Å². The molecule has 0 amide bonds. The van der Waals surface area contributed by atoms with Gasteiger partial charge >= 0.3 is 0 Å². The summed E-state index contributed by atoms with van der Waals surface area (Å²) in [5, 5.41) is 4.91. The van der Waals surface area contributed by atoms with Crippen molar-refractivity contribution >= 4 is 29.7 Å². The highest BCUT2D eigenvalue weighted by molar-refractivity contribution is 7.80. The molecule has 2 rings (SSSR count). The van der Waals surface area contributed by atoms with Crippen LogP contribution < -0.4 is 15.7 Å². The molecule has 7 heteroatoms. The number of hydrogen-bond acceptors (Lipinski definition) is 6. The minimum absolute atomic E-state index is 0.196. The average Bonchev–Trinajstić information content (AvgIpc) is 2.47. The predicted molar refractivity (Wildman–Crippen MR) is 88.3 cm³/mol. The number of aromatic amines is 1. The van der Waals surface area contributed by atoms with Crippen LogP contribution in [0, 0.1) is 0 Å². The van der Waals surface area contributed by atoms with Gasteiger partial charge in [-0.3, -0.25) is 15.1 Å². The van der Waals surface area contributed by atoms with E-state index >= 15 is 0 Å². The molecule has 0 saturated heterocycles. The number of nitrogens with one attached hydrogen (secondary N) is 2. The molecule has 0 spiro atoms. The van der Waals surface area contributed by atoms with Crippen LogP contribution in [-0.2, 0) is 0 Å². The summed E-state index contributed by atoms with van der Waals surface area (Å²) in [7, 11) is 5.35. The van der Waals surface area contributed by atoms with Crippen molar-refractivity contribution < 1.29 is 4.74 Å². The van der Waals surface area contributed by atoms with Crippen LogP contribution in [0.3, 0.4) is 0 Å². The average molecular weight is 306 g/mol. The Morgan fingerprint density at radius 1 is 1.43 bits per heavy atom. The number of fused-ring (bicyclic) bond motifs is 1. The monoisotopic (exact) mass is 306 g/mol. The van der Waals surface area contributed by atoms with Gasteiger partial charge in [-0.1, -0.05) is 0 Å². The van der Waals surface area contributed by atoms with Gasteiger partial charge in [0.15, 0.2) is 0 Å². The summed E-state index contributed by atoms with van der Waals surface area (Å²) in [5.74, 6) is 0.735. The van der Waals surface area contributed by atoms with Crippen LogP contribution in [0.4, 0.5) is 0 Å². The van der Waals surface area contributed by atoms with Gasteiger partial charge in [-0.15, -0.1) is 12.6 Å². The topological polar surface area (TPSA) is 69.7 Å². The number of rotatable bonds is 5. The van der Waals surface area contributed by atoms with Crippen molar-refractivity contribution in [1.82, 2.24) is 15.3 Å². The molecule has 1 unspecified atom stereocenters. The number of ether oxygens (including phenoxy) is 1. The highest BCUT2D eigenvalue weighted by Crippen LogP contribution is 2.18. The fraction of sp³-hybridized carbons (Fsp3) is 0.286. The van der Waals surface area contributed by atoms with Gasteiger partial charge in [-0.25, -0.2) is 0 Å². The highest BCUT2D eigenvalue weighted by Gasteiger charge is 2.04. The van der Waals surface area contributed by atoms with E-state index in [-0.39, 0.29) is 11.1 Å². The van der Waals surface area contributed by atoms with E-state index in [1.54, 1.807) is 19.2 Å². The third-order valence-corrected chi connectivity index (χ3v) is 3.54. The number of H-pyrrole nitrogens is 1. The SMILES string of the molecule is COc1ccc2[nH]c(=O)c(/C=N/NC(S)N(C)C)cc2c1. The Kier molecular flexibility index (Phi) is 4.87. The van der Waals surface area contributed by atoms with Gasteiger partial charge in [0.25, 0.3) is 5.56 Å². The molecule has 0 saturated carbocycles. The first-order valence-corrected chi connectivity index (χ1v) is 6.87. The first-order valence-electron chi connectivity index (χ1n) is 6.35. The molecule has 6 nitrogen and oxygen atoms in total. The number of pyridine rings is 1. The molecular weight excluding hydrogens is 288 g/mol. The van der Waals surface area contributed by atoms with Crippen molar-refractivity contribution in [3.05, 3.63) is 40.2 Å². The lowest BCUT2D eigenvalue weighted by Crippen LogP contribution is -2.33. The Hall–Kier alpha value is -1.99. The number of thiol groups is 1. The van der Waals surface area contributed by atoms with Crippen LogP contribution in [0.15, 0.2) is 34.2 Å². The van der Waals surface area contributed by atoms with Gasteiger partial charge in [-0.05, 0) is 38.4 Å². The summed E-state index contributed by atoms with van der Waals surface area (Å²) < 4.78 is 5.18. The molecule has 0 aliphatic carbocycles. The zero-order valence-corrected chi connectivity index (χ0v) is 13.0. The molecule has 2 N–H and O–H groups in total. The van der Waals surface area contributed by atoms with E-state index in [9.17, 15) is 4.79 Å². The van der Waals surface area contributed by atoms with Gasteiger partial charge < -0.3 is 9.72 Å². The molecule has 1 aromatic heterocycles. The van der Waals surface area contributed by atoms with Crippen LogP contribution in [0.1, 0.15) is 5.56 Å². The molecule has 21 heavy (non-hydrogen) atoms. The molecule has 0 aliphatic rings. The van der Waals surface area contributed by atoms with Crippen molar-refractivity contribution in [1.29, 1.82) is 0 Å². The summed E-state index contributed by atoms with van der Waals surface area (Å²) in [6.45, 7) is 0. The van der Waals surface area contributed by atoms with Crippen LogP contribution in [0.2, 0.25) is 0 Å². The lowest BCUT2D eigenvalue weighted by Gasteiger charge is -2.17. The molecule has 112 valence electrons. The van der Waals surface area contributed by atoms with E-state index in [2.05, 4.69) is 28.1 Å². The van der Waals surface area contributed by atoms with E-state index in [1.807, 2.05) is 31.1 Å². The van der Waals surface area contributed by atoms with Crippen LogP contribution in [0.5, 0.6) is 5.75 Å². The maximum atomic E-state index is 12.0. The van der Waals surface area contributed by atoms with Crippen LogP contribution in [0.25, 0.3) is 10.9 Å². The number of hydrazone groups is 1. The summed E-state index contributed by atoms with van der Waals surface area (Å²) in [6.07, 6.45) is 1.48. The summed E-state index contributed by atoms with van der Waals surface area (Å²) in [5.41, 5.74) is 3.61. The summed E-state index contributed by atoms with van der Waals surface area (Å²) >= 11 is 4.28. The van der Waals surface area contributed by atoms with Crippen molar-refractivity contribution in [3.63, 3.8) is 0 Å². The lowest BCUT2D eigenvalue weighted by molar-refractivity contribution is 0.342. The van der Waals surface area contributed by atoms with Crippen molar-refractivity contribution in [2.75, 3.05) is 21.2 Å². The smallest absolute Gasteiger partial charge is 0.257 e. The Morgan fingerprint density at radius 2 is 2.19 bits per heavy atom. The zero-order valence-electron chi connectivity index (χ0n) is 12.1. The van der Waals surface area contributed by atoms with Gasteiger partial charge in [-0.2, -0.15) is 5.10 Å². The highest BCUT2D eigenvalue weighted by atomic mass is 32.1. The number of methoxy groups -OCH3 is 1. The van der Waals surface area contributed by atoms with Crippen LogP contribution in [-0.4, -0.2) is 42.8 Å². The number of aromatic nitrogens is 1. The fourth-order valence-corrected chi connectivity index (χ4v) is 1.78. The van der Waals surface area contributed by atoms with E-state index < -0.39 is 0 Å². The first kappa shape index (κ1) is 15.4. The number of benzene rings is 1. The van der Waals surface area contributed by atoms with Gasteiger partial charge in [0.1, 0.15) is 11.2 Å². The maximum Gasteiger partial charge on any atom is 0.257 e. The predicted octanol–water partition coefficient (Wildman–Crippen LogP) is 1.24. The number of nitrogens with zero attached hydrogens (tertiary/aromatic N) is 2. The quantitative estimate of drug-likeness (QED) is 0.336. The molecule has 1 heterocycles.